The number of aliphatic imine (C=N–C) groups is 1. The van der Waals surface area contributed by atoms with Gasteiger partial charge >= 0.3 is 28.5 Å². The van der Waals surface area contributed by atoms with Gasteiger partial charge in [-0.1, -0.05) is 6.08 Å². The molecule has 0 radical (unpaired) electrons. The number of aliphatic carboxylic acids is 1. The zero-order valence-corrected chi connectivity index (χ0v) is 12.9. The average Bonchev–Trinajstić information content (AvgIpc) is 2.25. The highest BCUT2D eigenvalue weighted by Crippen LogP contribution is 2.33. The van der Waals surface area contributed by atoms with Crippen molar-refractivity contribution in [1.82, 2.24) is 4.90 Å². The maximum Gasteiger partial charge on any atom is 0.325 e. The minimum Gasteiger partial charge on any atom is -0.480 e. The molecule has 122 valence electrons. The van der Waals surface area contributed by atoms with Crippen molar-refractivity contribution < 1.29 is 43.0 Å². The maximum absolute atomic E-state index is 10.6. The van der Waals surface area contributed by atoms with Gasteiger partial charge in [0, 0.05) is 6.20 Å². The number of hydrogen-bond donors (Lipinski definition) is 4. The minimum absolute atomic E-state index is 0.554. The third-order valence-corrected chi connectivity index (χ3v) is 2.66. The number of aliphatic hydroxyl groups is 1. The van der Waals surface area contributed by atoms with Crippen LogP contribution in [0.2, 0.25) is 0 Å². The van der Waals surface area contributed by atoms with E-state index in [9.17, 15) is 19.0 Å². The topological polar surface area (TPSA) is 166 Å². The number of rotatable bonds is 10. The van der Waals surface area contributed by atoms with Gasteiger partial charge in [-0.3, -0.25) is 28.0 Å². The molecule has 0 spiro atoms. The van der Waals surface area contributed by atoms with Crippen molar-refractivity contribution in [1.29, 1.82) is 0 Å². The van der Waals surface area contributed by atoms with Gasteiger partial charge in [0.25, 0.3) is 0 Å². The molecule has 4 N–H and O–H groups in total. The van der Waals surface area contributed by atoms with Crippen LogP contribution >= 0.6 is 16.5 Å². The molecule has 0 rings (SSSR count). The Labute approximate surface area is 121 Å². The molecule has 11 nitrogen and oxygen atoms in total. The van der Waals surface area contributed by atoms with Crippen LogP contribution in [-0.2, 0) is 23.0 Å². The lowest BCUT2D eigenvalue weighted by Crippen LogP contribution is -2.42. The van der Waals surface area contributed by atoms with Gasteiger partial charge in [-0.2, -0.15) is 0 Å². The van der Waals surface area contributed by atoms with Crippen molar-refractivity contribution >= 4 is 28.8 Å². The van der Waals surface area contributed by atoms with Crippen molar-refractivity contribution in [2.45, 2.75) is 12.9 Å². The molecule has 0 aliphatic heterocycles. The van der Waals surface area contributed by atoms with Crippen LogP contribution in [-0.4, -0.2) is 56.3 Å². The molecule has 0 aromatic carbocycles. The highest BCUT2D eigenvalue weighted by molar-refractivity contribution is 7.33. The number of carbonyl (C=O) groups is 1. The summed E-state index contributed by atoms with van der Waals surface area (Å²) in [6, 6.07) is 0. The first-order valence-electron chi connectivity index (χ1n) is 5.35. The SMILES string of the molecule is C/C=C\N(/C=N/CC(=O)O)CC(O)(O[PH](=O)O)O[PH](=O)O. The molecule has 0 saturated carbocycles. The second kappa shape index (κ2) is 9.80. The fraction of sp³-hybridized carbons (Fsp3) is 0.500. The fourth-order valence-electron chi connectivity index (χ4n) is 1.14. The summed E-state index contributed by atoms with van der Waals surface area (Å²) in [5, 5.41) is 18.2. The van der Waals surface area contributed by atoms with Crippen LogP contribution in [0.1, 0.15) is 6.92 Å². The molecule has 0 heterocycles. The highest BCUT2D eigenvalue weighted by Gasteiger charge is 2.35. The zero-order chi connectivity index (χ0) is 16.5. The summed E-state index contributed by atoms with van der Waals surface area (Å²) in [7, 11) is -7.35. The third kappa shape index (κ3) is 10.3. The predicted octanol–water partition coefficient (Wildman–Crippen LogP) is -0.622. The molecule has 0 bridgehead atoms. The van der Waals surface area contributed by atoms with E-state index in [4.69, 9.17) is 14.9 Å². The number of hydrogen-bond acceptors (Lipinski definition) is 7. The Morgan fingerprint density at radius 3 is 2.24 bits per heavy atom. The predicted molar refractivity (Wildman–Crippen MR) is 72.1 cm³/mol. The Hall–Kier alpha value is -1.06. The lowest BCUT2D eigenvalue weighted by molar-refractivity contribution is -0.274. The highest BCUT2D eigenvalue weighted by atomic mass is 31.1. The van der Waals surface area contributed by atoms with Gasteiger partial charge in [0.2, 0.25) is 0 Å². The molecular formula is C8H16N2O9P2. The largest absolute Gasteiger partial charge is 0.480 e. The quantitative estimate of drug-likeness (QED) is 0.173. The van der Waals surface area contributed by atoms with Crippen LogP contribution in [0.25, 0.3) is 0 Å². The number of nitrogens with zero attached hydrogens (tertiary/aromatic N) is 2. The minimum atomic E-state index is -3.68. The Bertz CT molecular complexity index is 437. The van der Waals surface area contributed by atoms with E-state index in [1.54, 1.807) is 6.92 Å². The van der Waals surface area contributed by atoms with Gasteiger partial charge < -0.3 is 24.9 Å². The first-order valence-corrected chi connectivity index (χ1v) is 7.88. The second-order valence-corrected chi connectivity index (χ2v) is 4.93. The first-order chi connectivity index (χ1) is 9.68. The van der Waals surface area contributed by atoms with Crippen molar-refractivity contribution in [3.05, 3.63) is 12.3 Å². The van der Waals surface area contributed by atoms with E-state index in [-0.39, 0.29) is 0 Å². The van der Waals surface area contributed by atoms with Gasteiger partial charge in [0.15, 0.2) is 0 Å². The summed E-state index contributed by atoms with van der Waals surface area (Å²) >= 11 is 0. The summed E-state index contributed by atoms with van der Waals surface area (Å²) in [4.78, 5) is 32.2. The summed E-state index contributed by atoms with van der Waals surface area (Å²) in [5.41, 5.74) is 0. The molecule has 21 heavy (non-hydrogen) atoms. The van der Waals surface area contributed by atoms with E-state index in [0.29, 0.717) is 0 Å². The fourth-order valence-corrected chi connectivity index (χ4v) is 1.98. The van der Waals surface area contributed by atoms with Crippen molar-refractivity contribution in [2.75, 3.05) is 13.1 Å². The molecule has 0 amide bonds. The summed E-state index contributed by atoms with van der Waals surface area (Å²) in [6.07, 6.45) is 3.75. The lowest BCUT2D eigenvalue weighted by Gasteiger charge is -2.28. The van der Waals surface area contributed by atoms with Crippen molar-refractivity contribution in [2.24, 2.45) is 4.99 Å². The molecule has 0 fully saturated rings. The molecule has 0 saturated heterocycles. The average molecular weight is 346 g/mol. The molecule has 13 heteroatoms. The number of allylic oxidation sites excluding steroid dienone is 1. The monoisotopic (exact) mass is 346 g/mol. The Kier molecular flexibility index (Phi) is 9.31. The summed E-state index contributed by atoms with van der Waals surface area (Å²) in [6.45, 7) is 0.332. The molecule has 0 aromatic rings. The number of carboxylic acid groups (broad SMARTS) is 1. The van der Waals surface area contributed by atoms with Gasteiger partial charge in [-0.15, -0.1) is 0 Å². The second-order valence-electron chi connectivity index (χ2n) is 3.45. The normalized spacial score (nSPS) is 17.7. The standard InChI is InChI=1S/C8H16N2O9P2/c1-2-3-10(6-9-4-7(11)12)5-8(13,18-20(14)15)19-21(16)17/h2-3,6,13,20-21H,4-5H2,1H3,(H,11,12)(H,14,15)(H,16,17)/b3-2-,9-6+. The van der Waals surface area contributed by atoms with Gasteiger partial charge in [-0.25, -0.2) is 0 Å². The maximum atomic E-state index is 10.6. The van der Waals surface area contributed by atoms with Crippen molar-refractivity contribution in [3.8, 4) is 0 Å². The third-order valence-electron chi connectivity index (χ3n) is 1.67. The number of carboxylic acids is 1. The zero-order valence-electron chi connectivity index (χ0n) is 10.9. The van der Waals surface area contributed by atoms with Crippen LogP contribution in [0.4, 0.5) is 0 Å². The van der Waals surface area contributed by atoms with E-state index < -0.39 is 41.5 Å². The Morgan fingerprint density at radius 1 is 1.33 bits per heavy atom. The van der Waals surface area contributed by atoms with E-state index in [1.165, 1.54) is 12.3 Å². The van der Waals surface area contributed by atoms with Crippen LogP contribution in [0, 0.1) is 0 Å². The van der Waals surface area contributed by atoms with Gasteiger partial charge in [-0.05, 0) is 6.92 Å². The Balaban J connectivity index is 5.03. The van der Waals surface area contributed by atoms with E-state index in [2.05, 4.69) is 14.0 Å². The molecule has 2 unspecified atom stereocenters. The van der Waals surface area contributed by atoms with Crippen LogP contribution in [0.3, 0.4) is 0 Å². The summed E-state index contributed by atoms with van der Waals surface area (Å²) < 4.78 is 29.7. The van der Waals surface area contributed by atoms with E-state index in [0.717, 1.165) is 11.2 Å². The van der Waals surface area contributed by atoms with Gasteiger partial charge in [0.1, 0.15) is 13.1 Å². The first kappa shape index (κ1) is 19.9. The molecule has 0 aromatic heterocycles. The molecule has 0 aliphatic rings. The smallest absolute Gasteiger partial charge is 0.325 e. The molecule has 2 atom stereocenters. The summed E-state index contributed by atoms with van der Waals surface area (Å²) in [5.74, 6) is -4.04. The molecular weight excluding hydrogens is 330 g/mol. The van der Waals surface area contributed by atoms with E-state index in [1.807, 2.05) is 0 Å². The van der Waals surface area contributed by atoms with Crippen LogP contribution < -0.4 is 0 Å². The Morgan fingerprint density at radius 2 is 1.86 bits per heavy atom. The lowest BCUT2D eigenvalue weighted by atomic mass is 10.5. The molecule has 0 aliphatic carbocycles. The van der Waals surface area contributed by atoms with Gasteiger partial charge in [0.05, 0.1) is 6.34 Å². The van der Waals surface area contributed by atoms with Crippen molar-refractivity contribution in [3.63, 3.8) is 0 Å². The van der Waals surface area contributed by atoms with Crippen LogP contribution in [0.5, 0.6) is 0 Å². The van der Waals surface area contributed by atoms with Crippen LogP contribution in [0.15, 0.2) is 17.3 Å². The van der Waals surface area contributed by atoms with E-state index >= 15 is 0 Å².